The van der Waals surface area contributed by atoms with E-state index < -0.39 is 0 Å². The van der Waals surface area contributed by atoms with E-state index in [0.717, 1.165) is 73.6 Å². The molecule has 1 N–H and O–H groups in total. The van der Waals surface area contributed by atoms with Crippen LogP contribution in [0.15, 0.2) is 41.2 Å². The lowest BCUT2D eigenvalue weighted by Crippen LogP contribution is -2.42. The fourth-order valence-electron chi connectivity index (χ4n) is 5.27. The van der Waals surface area contributed by atoms with Crippen LogP contribution in [0.25, 0.3) is 10.9 Å². The molecule has 2 aromatic heterocycles. The van der Waals surface area contributed by atoms with Gasteiger partial charge in [-0.05, 0) is 63.7 Å². The van der Waals surface area contributed by atoms with Gasteiger partial charge in [0.2, 0.25) is 0 Å². The molecule has 1 aromatic carbocycles. The number of likely N-dealkylation sites (tertiary alicyclic amines) is 1. The summed E-state index contributed by atoms with van der Waals surface area (Å²) in [5.41, 5.74) is 4.53. The summed E-state index contributed by atoms with van der Waals surface area (Å²) >= 11 is 0. The normalized spacial score (nSPS) is 21.0. The van der Waals surface area contributed by atoms with Crippen molar-refractivity contribution in [3.8, 4) is 0 Å². The molecule has 2 aliphatic carbocycles. The van der Waals surface area contributed by atoms with E-state index in [1.54, 1.807) is 0 Å². The Balaban J connectivity index is 1.21. The van der Waals surface area contributed by atoms with Gasteiger partial charge in [0.15, 0.2) is 0 Å². The summed E-state index contributed by atoms with van der Waals surface area (Å²) in [5, 5.41) is 1.19. The molecule has 0 atom stereocenters. The molecule has 148 valence electrons. The number of nitrogens with zero attached hydrogens (tertiary/aromatic N) is 3. The van der Waals surface area contributed by atoms with Crippen LogP contribution in [-0.2, 0) is 18.4 Å². The van der Waals surface area contributed by atoms with Crippen LogP contribution in [0.4, 0.5) is 0 Å². The molecule has 1 saturated heterocycles. The van der Waals surface area contributed by atoms with Crippen molar-refractivity contribution in [1.82, 2.24) is 19.9 Å². The lowest BCUT2D eigenvalue weighted by atomic mass is 9.76. The third-order valence-corrected chi connectivity index (χ3v) is 7.21. The van der Waals surface area contributed by atoms with Gasteiger partial charge in [-0.1, -0.05) is 24.3 Å². The number of pyridine rings is 1. The van der Waals surface area contributed by atoms with Crippen LogP contribution in [0.1, 0.15) is 60.8 Å². The first-order valence-corrected chi connectivity index (χ1v) is 10.9. The van der Waals surface area contributed by atoms with E-state index >= 15 is 0 Å². The minimum absolute atomic E-state index is 0.112. The van der Waals surface area contributed by atoms with Crippen molar-refractivity contribution in [3.05, 3.63) is 69.5 Å². The van der Waals surface area contributed by atoms with Crippen molar-refractivity contribution in [2.75, 3.05) is 13.1 Å². The van der Waals surface area contributed by atoms with Gasteiger partial charge in [-0.15, -0.1) is 0 Å². The standard InChI is InChI=1S/C24H26N4O/c29-23-19-9-10-24(21(19)26-22(27-23)17-5-6-17)11-13-28(14-12-24)15-18-8-7-16-3-1-2-4-20(16)25-18/h1-4,7-8,17H,5-6,9-15H2,(H,26,27,29). The summed E-state index contributed by atoms with van der Waals surface area (Å²) < 4.78 is 0. The molecule has 3 aromatic rings. The zero-order valence-electron chi connectivity index (χ0n) is 16.7. The molecule has 0 unspecified atom stereocenters. The summed E-state index contributed by atoms with van der Waals surface area (Å²) in [4.78, 5) is 28.0. The maximum atomic E-state index is 12.6. The molecule has 5 nitrogen and oxygen atoms in total. The second kappa shape index (κ2) is 6.49. The van der Waals surface area contributed by atoms with Crippen LogP contribution >= 0.6 is 0 Å². The summed E-state index contributed by atoms with van der Waals surface area (Å²) in [7, 11) is 0. The summed E-state index contributed by atoms with van der Waals surface area (Å²) in [5.74, 6) is 1.43. The molecule has 0 amide bonds. The van der Waals surface area contributed by atoms with E-state index in [1.165, 1.54) is 18.2 Å². The highest BCUT2D eigenvalue weighted by Crippen LogP contribution is 2.46. The number of rotatable bonds is 3. The minimum Gasteiger partial charge on any atom is -0.310 e. The number of aromatic amines is 1. The van der Waals surface area contributed by atoms with Crippen molar-refractivity contribution in [1.29, 1.82) is 0 Å². The molecule has 5 heteroatoms. The fraction of sp³-hybridized carbons (Fsp3) is 0.458. The Morgan fingerprint density at radius 1 is 1.03 bits per heavy atom. The Morgan fingerprint density at radius 3 is 2.69 bits per heavy atom. The van der Waals surface area contributed by atoms with Crippen LogP contribution in [0, 0.1) is 0 Å². The van der Waals surface area contributed by atoms with E-state index in [-0.39, 0.29) is 11.0 Å². The van der Waals surface area contributed by atoms with Gasteiger partial charge in [0.05, 0.1) is 16.9 Å². The quantitative estimate of drug-likeness (QED) is 0.746. The SMILES string of the molecule is O=c1[nH]c(C2CC2)nc2c1CCC21CCN(Cc2ccc3ccccc3n2)CC1. The molecule has 0 radical (unpaired) electrons. The second-order valence-electron chi connectivity index (χ2n) is 9.10. The number of aromatic nitrogens is 3. The fourth-order valence-corrected chi connectivity index (χ4v) is 5.27. The Labute approximate surface area is 170 Å². The monoisotopic (exact) mass is 386 g/mol. The van der Waals surface area contributed by atoms with Crippen molar-refractivity contribution in [3.63, 3.8) is 0 Å². The van der Waals surface area contributed by atoms with E-state index in [4.69, 9.17) is 9.97 Å². The number of nitrogens with one attached hydrogen (secondary N) is 1. The van der Waals surface area contributed by atoms with Crippen molar-refractivity contribution >= 4 is 10.9 Å². The summed E-state index contributed by atoms with van der Waals surface area (Å²) in [6.07, 6.45) is 6.48. The van der Waals surface area contributed by atoms with Gasteiger partial charge in [-0.25, -0.2) is 4.98 Å². The van der Waals surface area contributed by atoms with Crippen LogP contribution in [0.5, 0.6) is 0 Å². The van der Waals surface area contributed by atoms with Crippen molar-refractivity contribution < 1.29 is 0 Å². The summed E-state index contributed by atoms with van der Waals surface area (Å²) in [6.45, 7) is 2.98. The zero-order valence-corrected chi connectivity index (χ0v) is 16.7. The average molecular weight is 386 g/mol. The average Bonchev–Trinajstić information content (AvgIpc) is 3.54. The van der Waals surface area contributed by atoms with Crippen LogP contribution in [-0.4, -0.2) is 32.9 Å². The second-order valence-corrected chi connectivity index (χ2v) is 9.10. The van der Waals surface area contributed by atoms with Gasteiger partial charge >= 0.3 is 0 Å². The Kier molecular flexibility index (Phi) is 3.88. The number of fused-ring (bicyclic) bond motifs is 3. The van der Waals surface area contributed by atoms with E-state index in [9.17, 15) is 4.79 Å². The van der Waals surface area contributed by atoms with Gasteiger partial charge < -0.3 is 4.98 Å². The number of hydrogen-bond acceptors (Lipinski definition) is 4. The Morgan fingerprint density at radius 2 is 1.86 bits per heavy atom. The highest BCUT2D eigenvalue weighted by atomic mass is 16.1. The highest BCUT2D eigenvalue weighted by Gasteiger charge is 2.44. The minimum atomic E-state index is 0.112. The first kappa shape index (κ1) is 17.3. The molecule has 6 rings (SSSR count). The largest absolute Gasteiger partial charge is 0.310 e. The maximum absolute atomic E-state index is 12.6. The third-order valence-electron chi connectivity index (χ3n) is 7.21. The van der Waals surface area contributed by atoms with Crippen LogP contribution < -0.4 is 5.56 Å². The smallest absolute Gasteiger partial charge is 0.254 e. The summed E-state index contributed by atoms with van der Waals surface area (Å²) in [6, 6.07) is 12.6. The molecule has 0 bridgehead atoms. The number of para-hydroxylation sites is 1. The maximum Gasteiger partial charge on any atom is 0.254 e. The van der Waals surface area contributed by atoms with Gasteiger partial charge in [0, 0.05) is 28.8 Å². The zero-order chi connectivity index (χ0) is 19.4. The molecule has 3 aliphatic rings. The lowest BCUT2D eigenvalue weighted by Gasteiger charge is -2.39. The van der Waals surface area contributed by atoms with Crippen LogP contribution in [0.3, 0.4) is 0 Å². The number of H-pyrrole nitrogens is 1. The predicted octanol–water partition coefficient (Wildman–Crippen LogP) is 3.68. The van der Waals surface area contributed by atoms with Crippen LogP contribution in [0.2, 0.25) is 0 Å². The van der Waals surface area contributed by atoms with Crippen molar-refractivity contribution in [2.24, 2.45) is 0 Å². The van der Waals surface area contributed by atoms with Gasteiger partial charge in [0.1, 0.15) is 5.82 Å². The van der Waals surface area contributed by atoms with Crippen molar-refractivity contribution in [2.45, 2.75) is 56.4 Å². The Bertz CT molecular complexity index is 1140. The number of benzene rings is 1. The molecule has 1 spiro atoms. The molecule has 1 aliphatic heterocycles. The van der Waals surface area contributed by atoms with E-state index in [1.807, 2.05) is 6.07 Å². The molecular formula is C24H26N4O. The number of piperidine rings is 1. The van der Waals surface area contributed by atoms with Gasteiger partial charge in [-0.3, -0.25) is 14.7 Å². The Hall–Kier alpha value is -2.53. The van der Waals surface area contributed by atoms with E-state index in [2.05, 4.69) is 40.2 Å². The van der Waals surface area contributed by atoms with Gasteiger partial charge in [0.25, 0.3) is 5.56 Å². The topological polar surface area (TPSA) is 61.9 Å². The first-order chi connectivity index (χ1) is 14.2. The third kappa shape index (κ3) is 2.99. The highest BCUT2D eigenvalue weighted by molar-refractivity contribution is 5.78. The van der Waals surface area contributed by atoms with Gasteiger partial charge in [-0.2, -0.15) is 0 Å². The molecule has 1 saturated carbocycles. The molecule has 2 fully saturated rings. The predicted molar refractivity (Wildman–Crippen MR) is 113 cm³/mol. The molecule has 29 heavy (non-hydrogen) atoms. The molecule has 3 heterocycles. The molecular weight excluding hydrogens is 360 g/mol. The first-order valence-electron chi connectivity index (χ1n) is 10.9. The lowest BCUT2D eigenvalue weighted by molar-refractivity contribution is 0.148. The number of hydrogen-bond donors (Lipinski definition) is 1. The van der Waals surface area contributed by atoms with E-state index in [0.29, 0.717) is 5.92 Å².